The predicted molar refractivity (Wildman–Crippen MR) is 123 cm³/mol. The van der Waals surface area contributed by atoms with Crippen molar-refractivity contribution in [2.75, 3.05) is 6.61 Å². The number of nitrogens with zero attached hydrogens (tertiary/aromatic N) is 2. The van der Waals surface area contributed by atoms with Crippen LogP contribution in [0.4, 0.5) is 15.8 Å². The van der Waals surface area contributed by atoms with Crippen molar-refractivity contribution < 1.29 is 18.8 Å². The highest BCUT2D eigenvalue weighted by atomic mass is 19.1. The molecule has 0 aliphatic heterocycles. The summed E-state index contributed by atoms with van der Waals surface area (Å²) in [4.78, 5) is 14.7. The first-order chi connectivity index (χ1) is 15.5. The van der Waals surface area contributed by atoms with Crippen LogP contribution in [0.25, 0.3) is 0 Å². The minimum absolute atomic E-state index is 0.00667. The van der Waals surface area contributed by atoms with Crippen molar-refractivity contribution in [3.8, 4) is 11.5 Å². The Morgan fingerprint density at radius 3 is 2.50 bits per heavy atom. The largest absolute Gasteiger partial charge is 0.490 e. The van der Waals surface area contributed by atoms with Gasteiger partial charge in [0.2, 0.25) is 0 Å². The molecule has 0 saturated heterocycles. The number of allylic oxidation sites excluding steroid dienone is 1. The zero-order valence-corrected chi connectivity index (χ0v) is 17.7. The summed E-state index contributed by atoms with van der Waals surface area (Å²) in [5.74, 6) is 0.721. The summed E-state index contributed by atoms with van der Waals surface area (Å²) in [6, 6.07) is 16.1. The zero-order valence-electron chi connectivity index (χ0n) is 17.7. The van der Waals surface area contributed by atoms with Gasteiger partial charge >= 0.3 is 0 Å². The van der Waals surface area contributed by atoms with Crippen LogP contribution in [0.1, 0.15) is 23.6 Å². The monoisotopic (exact) mass is 434 g/mol. The number of benzene rings is 3. The molecule has 3 aromatic rings. The molecule has 0 N–H and O–H groups in total. The van der Waals surface area contributed by atoms with Crippen molar-refractivity contribution in [1.82, 2.24) is 0 Å². The molecule has 7 heteroatoms. The lowest BCUT2D eigenvalue weighted by Crippen LogP contribution is -2.05. The highest BCUT2D eigenvalue weighted by molar-refractivity contribution is 5.84. The maximum absolute atomic E-state index is 14.0. The molecule has 0 aliphatic rings. The molecule has 0 unspecified atom stereocenters. The van der Waals surface area contributed by atoms with Gasteiger partial charge in [0.25, 0.3) is 5.69 Å². The van der Waals surface area contributed by atoms with E-state index in [1.54, 1.807) is 48.7 Å². The number of rotatable bonds is 10. The Balaban J connectivity index is 1.90. The highest BCUT2D eigenvalue weighted by Gasteiger charge is 2.14. The molecule has 0 atom stereocenters. The zero-order chi connectivity index (χ0) is 22.9. The number of non-ortho nitro benzene ring substituents is 1. The van der Waals surface area contributed by atoms with Gasteiger partial charge in [-0.2, -0.15) is 0 Å². The van der Waals surface area contributed by atoms with Gasteiger partial charge in [-0.25, -0.2) is 4.39 Å². The van der Waals surface area contributed by atoms with E-state index < -0.39 is 4.92 Å². The molecule has 0 fully saturated rings. The Kier molecular flexibility index (Phi) is 7.70. The van der Waals surface area contributed by atoms with Gasteiger partial charge in [0.15, 0.2) is 11.5 Å². The molecule has 0 heterocycles. The molecule has 0 aliphatic carbocycles. The number of hydrogen-bond acceptors (Lipinski definition) is 5. The summed E-state index contributed by atoms with van der Waals surface area (Å²) < 4.78 is 25.8. The van der Waals surface area contributed by atoms with Gasteiger partial charge < -0.3 is 9.47 Å². The fourth-order valence-corrected chi connectivity index (χ4v) is 3.07. The second kappa shape index (κ2) is 10.9. The van der Waals surface area contributed by atoms with Crippen LogP contribution < -0.4 is 9.47 Å². The average molecular weight is 434 g/mol. The van der Waals surface area contributed by atoms with E-state index >= 15 is 0 Å². The van der Waals surface area contributed by atoms with Crippen molar-refractivity contribution >= 4 is 17.6 Å². The maximum Gasteiger partial charge on any atom is 0.269 e. The third kappa shape index (κ3) is 5.78. The van der Waals surface area contributed by atoms with E-state index in [9.17, 15) is 14.5 Å². The summed E-state index contributed by atoms with van der Waals surface area (Å²) in [5, 5.41) is 10.8. The van der Waals surface area contributed by atoms with E-state index in [1.807, 2.05) is 13.0 Å². The van der Waals surface area contributed by atoms with Crippen molar-refractivity contribution in [3.63, 3.8) is 0 Å². The summed E-state index contributed by atoms with van der Waals surface area (Å²) in [5.41, 5.74) is 2.63. The minimum atomic E-state index is -0.455. The number of ether oxygens (including phenoxy) is 2. The molecular weight excluding hydrogens is 411 g/mol. The van der Waals surface area contributed by atoms with Crippen LogP contribution in [0, 0.1) is 15.9 Å². The van der Waals surface area contributed by atoms with E-state index in [-0.39, 0.29) is 18.1 Å². The normalized spacial score (nSPS) is 10.8. The average Bonchev–Trinajstić information content (AvgIpc) is 2.79. The fraction of sp³-hybridized carbons (Fsp3) is 0.160. The first-order valence-electron chi connectivity index (χ1n) is 10.1. The van der Waals surface area contributed by atoms with Crippen LogP contribution in [0.2, 0.25) is 0 Å². The SMILES string of the molecule is C=CCc1cc(C=Nc2ccc([N+](=O)[O-])cc2)cc(OCC)c1OCc1ccccc1F. The summed E-state index contributed by atoms with van der Waals surface area (Å²) in [6.45, 7) is 6.16. The van der Waals surface area contributed by atoms with Gasteiger partial charge in [-0.1, -0.05) is 24.3 Å². The maximum atomic E-state index is 14.0. The smallest absolute Gasteiger partial charge is 0.269 e. The Morgan fingerprint density at radius 2 is 1.84 bits per heavy atom. The quantitative estimate of drug-likeness (QED) is 0.165. The van der Waals surface area contributed by atoms with Crippen LogP contribution in [0.5, 0.6) is 11.5 Å². The Morgan fingerprint density at radius 1 is 1.09 bits per heavy atom. The Labute approximate surface area is 185 Å². The lowest BCUT2D eigenvalue weighted by molar-refractivity contribution is -0.384. The molecule has 0 saturated carbocycles. The van der Waals surface area contributed by atoms with Crippen molar-refractivity contribution in [3.05, 3.63) is 106 Å². The lowest BCUT2D eigenvalue weighted by Gasteiger charge is -2.17. The molecule has 0 radical (unpaired) electrons. The molecule has 6 nitrogen and oxygen atoms in total. The molecule has 0 amide bonds. The van der Waals surface area contributed by atoms with Crippen LogP contribution >= 0.6 is 0 Å². The van der Waals surface area contributed by atoms with Gasteiger partial charge in [-0.3, -0.25) is 15.1 Å². The molecule has 0 spiro atoms. The molecule has 3 aromatic carbocycles. The lowest BCUT2D eigenvalue weighted by atomic mass is 10.1. The van der Waals surface area contributed by atoms with Gasteiger partial charge in [0, 0.05) is 29.5 Å². The number of hydrogen-bond donors (Lipinski definition) is 0. The molecule has 3 rings (SSSR count). The predicted octanol–water partition coefficient (Wildman–Crippen LogP) is 6.19. The van der Waals surface area contributed by atoms with E-state index in [2.05, 4.69) is 11.6 Å². The number of nitro groups is 1. The number of nitro benzene ring substituents is 1. The van der Waals surface area contributed by atoms with E-state index in [0.29, 0.717) is 35.8 Å². The van der Waals surface area contributed by atoms with Gasteiger partial charge in [0.1, 0.15) is 12.4 Å². The number of aliphatic imine (C=N–C) groups is 1. The molecule has 164 valence electrons. The topological polar surface area (TPSA) is 74.0 Å². The summed E-state index contributed by atoms with van der Waals surface area (Å²) in [6.07, 6.45) is 3.92. The van der Waals surface area contributed by atoms with E-state index in [0.717, 1.165) is 11.1 Å². The van der Waals surface area contributed by atoms with Crippen LogP contribution in [-0.2, 0) is 13.0 Å². The van der Waals surface area contributed by atoms with Crippen LogP contribution in [-0.4, -0.2) is 17.7 Å². The summed E-state index contributed by atoms with van der Waals surface area (Å²) >= 11 is 0. The standard InChI is InChI=1S/C25H23FN2O4/c1-3-7-19-14-18(16-27-21-10-12-22(13-11-21)28(29)30)15-24(31-4-2)25(19)32-17-20-8-5-6-9-23(20)26/h3,5-6,8-16H,1,4,7,17H2,2H3. The summed E-state index contributed by atoms with van der Waals surface area (Å²) in [7, 11) is 0. The second-order valence-electron chi connectivity index (χ2n) is 6.84. The first kappa shape index (κ1) is 22.7. The highest BCUT2D eigenvalue weighted by Crippen LogP contribution is 2.34. The van der Waals surface area contributed by atoms with E-state index in [1.165, 1.54) is 18.2 Å². The van der Waals surface area contributed by atoms with Gasteiger partial charge in [-0.15, -0.1) is 6.58 Å². The molecule has 0 bridgehead atoms. The minimum Gasteiger partial charge on any atom is -0.490 e. The second-order valence-corrected chi connectivity index (χ2v) is 6.84. The number of halogens is 1. The van der Waals surface area contributed by atoms with Gasteiger partial charge in [-0.05, 0) is 49.2 Å². The van der Waals surface area contributed by atoms with E-state index in [4.69, 9.17) is 9.47 Å². The Bertz CT molecular complexity index is 1130. The third-order valence-electron chi connectivity index (χ3n) is 4.57. The van der Waals surface area contributed by atoms with Crippen molar-refractivity contribution in [2.24, 2.45) is 4.99 Å². The fourth-order valence-electron chi connectivity index (χ4n) is 3.07. The first-order valence-corrected chi connectivity index (χ1v) is 10.1. The van der Waals surface area contributed by atoms with Crippen molar-refractivity contribution in [1.29, 1.82) is 0 Å². The Hall–Kier alpha value is -4.00. The van der Waals surface area contributed by atoms with Crippen molar-refractivity contribution in [2.45, 2.75) is 20.0 Å². The van der Waals surface area contributed by atoms with Gasteiger partial charge in [0.05, 0.1) is 17.2 Å². The third-order valence-corrected chi connectivity index (χ3v) is 4.57. The molecular formula is C25H23FN2O4. The van der Waals surface area contributed by atoms with Crippen LogP contribution in [0.3, 0.4) is 0 Å². The van der Waals surface area contributed by atoms with Crippen LogP contribution in [0.15, 0.2) is 78.3 Å². The molecule has 0 aromatic heterocycles. The molecule has 32 heavy (non-hydrogen) atoms.